The Balaban J connectivity index is 1.58. The summed E-state index contributed by atoms with van der Waals surface area (Å²) < 4.78 is 26.4. The summed E-state index contributed by atoms with van der Waals surface area (Å²) in [6, 6.07) is 3.87. The molecule has 0 saturated carbocycles. The predicted octanol–water partition coefficient (Wildman–Crippen LogP) is 2.39. The quantitative estimate of drug-likeness (QED) is 0.576. The van der Waals surface area contributed by atoms with Gasteiger partial charge in [0, 0.05) is 36.7 Å². The van der Waals surface area contributed by atoms with E-state index in [1.165, 1.54) is 6.07 Å². The fraction of sp³-hybridized carbons (Fsp3) is 0.542. The number of hydrogen-bond donors (Lipinski definition) is 1. The van der Waals surface area contributed by atoms with Crippen molar-refractivity contribution in [2.75, 3.05) is 24.7 Å². The van der Waals surface area contributed by atoms with Crippen LogP contribution in [0.1, 0.15) is 43.1 Å². The summed E-state index contributed by atoms with van der Waals surface area (Å²) in [5.74, 6) is 0.932. The Hall–Kier alpha value is -2.39. The van der Waals surface area contributed by atoms with Crippen molar-refractivity contribution >= 4 is 40.3 Å². The van der Waals surface area contributed by atoms with Gasteiger partial charge in [0.15, 0.2) is 5.82 Å². The zero-order valence-corrected chi connectivity index (χ0v) is 20.3. The van der Waals surface area contributed by atoms with Crippen molar-refractivity contribution in [3.05, 3.63) is 34.9 Å². The number of hydrogen-bond acceptors (Lipinski definition) is 7. The minimum absolute atomic E-state index is 0.155. The molecule has 35 heavy (non-hydrogen) atoms. The summed E-state index contributed by atoms with van der Waals surface area (Å²) in [5, 5.41) is 6.57. The minimum Gasteiger partial charge on any atom is -0.380 e. The number of aryl methyl sites for hydroxylation is 2. The van der Waals surface area contributed by atoms with Crippen LogP contribution in [0.4, 0.5) is 10.2 Å². The van der Waals surface area contributed by atoms with Crippen molar-refractivity contribution in [2.45, 2.75) is 63.3 Å². The second-order valence-corrected chi connectivity index (χ2v) is 9.86. The highest BCUT2D eigenvalue weighted by Crippen LogP contribution is 2.39. The molecule has 176 valence electrons. The van der Waals surface area contributed by atoms with E-state index in [4.69, 9.17) is 37.8 Å². The summed E-state index contributed by atoms with van der Waals surface area (Å²) in [7, 11) is 17.6. The highest BCUT2D eigenvalue weighted by Gasteiger charge is 2.33. The number of anilines is 1. The molecule has 1 N–H and O–H groups in total. The summed E-state index contributed by atoms with van der Waals surface area (Å²) in [5.41, 5.74) is 1.91. The molecule has 0 spiro atoms. The van der Waals surface area contributed by atoms with Gasteiger partial charge in [0.05, 0.1) is 35.7 Å². The van der Waals surface area contributed by atoms with Gasteiger partial charge in [0.2, 0.25) is 0 Å². The number of halogens is 1. The maximum absolute atomic E-state index is 15.3. The fourth-order valence-electron chi connectivity index (χ4n) is 5.21. The number of fused-ring (bicyclic) bond motifs is 1. The number of nitrogens with zero attached hydrogens (tertiary/aromatic N) is 4. The number of benzene rings is 1. The number of nitrogens with one attached hydrogen (secondary N) is 1. The standard InChI is InChI=1S/C24H27B3FN5O2/c1-12-8-16(30-17-5-7-34-11-17)4-6-33(12)22-20(23-29-14(3)32-35-23)13(2)18-9-15(24(25,26)27)10-19(28)21(18)31-22/h9-10,12,16-17,30H,4-8,11H2,1-3H3/t12-,16-,17+/m1/s1. The SMILES string of the molecule is [B]C([B])([B])c1cc(F)c2nc(N3CC[C@@H](N[C@H]4CCOC4)C[C@H]3C)c(-c3nc(C)no3)c(C)c2c1. The summed E-state index contributed by atoms with van der Waals surface area (Å²) in [6.45, 7) is 8.13. The van der Waals surface area contributed by atoms with Crippen molar-refractivity contribution in [1.82, 2.24) is 20.4 Å². The van der Waals surface area contributed by atoms with Crippen LogP contribution in [0.2, 0.25) is 0 Å². The zero-order valence-electron chi connectivity index (χ0n) is 20.3. The van der Waals surface area contributed by atoms with Gasteiger partial charge in [-0.1, -0.05) is 16.8 Å². The van der Waals surface area contributed by atoms with Crippen LogP contribution in [0, 0.1) is 19.7 Å². The lowest BCUT2D eigenvalue weighted by molar-refractivity contribution is 0.185. The molecule has 3 aromatic rings. The normalized spacial score (nSPS) is 23.3. The number of aromatic nitrogens is 3. The van der Waals surface area contributed by atoms with Crippen LogP contribution in [0.3, 0.4) is 0 Å². The maximum Gasteiger partial charge on any atom is 0.261 e. The molecule has 1 aromatic carbocycles. The third kappa shape index (κ3) is 4.72. The molecule has 7 nitrogen and oxygen atoms in total. The molecule has 0 bridgehead atoms. The zero-order chi connectivity index (χ0) is 24.9. The highest BCUT2D eigenvalue weighted by atomic mass is 19.1. The third-order valence-corrected chi connectivity index (χ3v) is 7.07. The van der Waals surface area contributed by atoms with Crippen LogP contribution in [0.5, 0.6) is 0 Å². The Kier molecular flexibility index (Phi) is 6.42. The van der Waals surface area contributed by atoms with Crippen molar-refractivity contribution in [2.24, 2.45) is 0 Å². The van der Waals surface area contributed by atoms with Crippen LogP contribution in [0.25, 0.3) is 22.4 Å². The first kappa shape index (κ1) is 24.3. The number of piperidine rings is 1. The minimum atomic E-state index is -1.69. The summed E-state index contributed by atoms with van der Waals surface area (Å²) in [4.78, 5) is 11.5. The monoisotopic (exact) mass is 469 g/mol. The lowest BCUT2D eigenvalue weighted by Gasteiger charge is -2.40. The van der Waals surface area contributed by atoms with Crippen LogP contribution in [0.15, 0.2) is 16.7 Å². The lowest BCUT2D eigenvalue weighted by Crippen LogP contribution is -2.50. The average Bonchev–Trinajstić information content (AvgIpc) is 3.45. The topological polar surface area (TPSA) is 76.3 Å². The largest absolute Gasteiger partial charge is 0.380 e. The smallest absolute Gasteiger partial charge is 0.261 e. The summed E-state index contributed by atoms with van der Waals surface area (Å²) in [6.07, 6.45) is 2.89. The van der Waals surface area contributed by atoms with Crippen molar-refractivity contribution in [3.63, 3.8) is 0 Å². The molecule has 6 radical (unpaired) electrons. The van der Waals surface area contributed by atoms with E-state index in [0.29, 0.717) is 40.6 Å². The van der Waals surface area contributed by atoms with Crippen LogP contribution in [-0.2, 0) is 9.85 Å². The van der Waals surface area contributed by atoms with E-state index in [2.05, 4.69) is 27.3 Å². The van der Waals surface area contributed by atoms with Gasteiger partial charge in [-0.3, -0.25) is 0 Å². The third-order valence-electron chi connectivity index (χ3n) is 7.07. The van der Waals surface area contributed by atoms with Gasteiger partial charge >= 0.3 is 0 Å². The van der Waals surface area contributed by atoms with Crippen LogP contribution < -0.4 is 10.2 Å². The van der Waals surface area contributed by atoms with Crippen molar-refractivity contribution < 1.29 is 13.7 Å². The van der Waals surface area contributed by atoms with Crippen molar-refractivity contribution in [1.29, 1.82) is 0 Å². The maximum atomic E-state index is 15.3. The Morgan fingerprint density at radius 2 is 1.94 bits per heavy atom. The van der Waals surface area contributed by atoms with E-state index < -0.39 is 10.9 Å². The molecule has 11 heteroatoms. The van der Waals surface area contributed by atoms with Gasteiger partial charge in [-0.05, 0) is 51.7 Å². The molecule has 5 rings (SSSR count). The predicted molar refractivity (Wildman–Crippen MR) is 136 cm³/mol. The molecule has 0 amide bonds. The molecular formula is C24H27B3FN5O2. The van der Waals surface area contributed by atoms with E-state index in [0.717, 1.165) is 44.6 Å². The Bertz CT molecular complexity index is 1240. The van der Waals surface area contributed by atoms with E-state index in [1.807, 2.05) is 6.92 Å². The van der Waals surface area contributed by atoms with Crippen molar-refractivity contribution in [3.8, 4) is 11.5 Å². The molecule has 0 aliphatic carbocycles. The molecule has 4 heterocycles. The first-order valence-corrected chi connectivity index (χ1v) is 12.0. The van der Waals surface area contributed by atoms with Gasteiger partial charge in [-0.2, -0.15) is 4.98 Å². The molecule has 2 saturated heterocycles. The highest BCUT2D eigenvalue weighted by molar-refractivity contribution is 6.59. The Morgan fingerprint density at radius 1 is 1.14 bits per heavy atom. The van der Waals surface area contributed by atoms with Crippen LogP contribution >= 0.6 is 0 Å². The molecule has 2 aromatic heterocycles. The van der Waals surface area contributed by atoms with E-state index in [1.54, 1.807) is 13.0 Å². The molecule has 3 atom stereocenters. The lowest BCUT2D eigenvalue weighted by atomic mass is 9.40. The van der Waals surface area contributed by atoms with Crippen LogP contribution in [-0.4, -0.2) is 76.5 Å². The average molecular weight is 469 g/mol. The Morgan fingerprint density at radius 3 is 2.57 bits per heavy atom. The molecular weight excluding hydrogens is 442 g/mol. The van der Waals surface area contributed by atoms with Gasteiger partial charge < -0.3 is 19.5 Å². The molecule has 2 aliphatic rings. The number of ether oxygens (including phenoxy) is 1. The van der Waals surface area contributed by atoms with E-state index in [-0.39, 0.29) is 17.1 Å². The molecule has 2 fully saturated rings. The summed E-state index contributed by atoms with van der Waals surface area (Å²) >= 11 is 0. The molecule has 0 unspecified atom stereocenters. The van der Waals surface area contributed by atoms with Gasteiger partial charge in [0.25, 0.3) is 5.89 Å². The van der Waals surface area contributed by atoms with E-state index >= 15 is 4.39 Å². The van der Waals surface area contributed by atoms with Gasteiger partial charge in [-0.15, -0.1) is 5.11 Å². The first-order valence-electron chi connectivity index (χ1n) is 12.0. The van der Waals surface area contributed by atoms with E-state index in [9.17, 15) is 0 Å². The fourth-order valence-corrected chi connectivity index (χ4v) is 5.21. The van der Waals surface area contributed by atoms with Gasteiger partial charge in [-0.25, -0.2) is 9.37 Å². The second-order valence-electron chi connectivity index (χ2n) is 9.86. The Labute approximate surface area is 208 Å². The first-order chi connectivity index (χ1) is 16.6. The number of pyridine rings is 1. The van der Waals surface area contributed by atoms with Gasteiger partial charge in [0.1, 0.15) is 17.2 Å². The number of rotatable bonds is 5. The second kappa shape index (κ2) is 9.24. The molecule has 2 aliphatic heterocycles.